The van der Waals surface area contributed by atoms with Crippen molar-refractivity contribution >= 4 is 34.1 Å². The minimum atomic E-state index is -0.114. The van der Waals surface area contributed by atoms with Crippen LogP contribution >= 0.6 is 0 Å². The van der Waals surface area contributed by atoms with Crippen molar-refractivity contribution in [2.75, 3.05) is 50.6 Å². The van der Waals surface area contributed by atoms with Gasteiger partial charge in [0.25, 0.3) is 5.91 Å². The molecule has 2 aliphatic heterocycles. The third-order valence-corrected chi connectivity index (χ3v) is 6.94. The highest BCUT2D eigenvalue weighted by molar-refractivity contribution is 6.06. The number of likely N-dealkylation sites (N-methyl/N-ethyl adjacent to an activating group) is 1. The predicted molar refractivity (Wildman–Crippen MR) is 143 cm³/mol. The van der Waals surface area contributed by atoms with Crippen molar-refractivity contribution in [3.63, 3.8) is 0 Å². The average Bonchev–Trinajstić information content (AvgIpc) is 3.48. The number of morpholine rings is 1. The molecule has 10 nitrogen and oxygen atoms in total. The third kappa shape index (κ3) is 4.38. The van der Waals surface area contributed by atoms with Gasteiger partial charge in [-0.2, -0.15) is 0 Å². The van der Waals surface area contributed by atoms with Crippen LogP contribution in [0.4, 0.5) is 17.2 Å². The van der Waals surface area contributed by atoms with Crippen molar-refractivity contribution < 1.29 is 9.53 Å². The molecule has 1 atom stereocenters. The number of aryl methyl sites for hydroxylation is 1. The molecular formula is C27H30N8O2. The van der Waals surface area contributed by atoms with Crippen LogP contribution in [0, 0.1) is 0 Å². The summed E-state index contributed by atoms with van der Waals surface area (Å²) in [7, 11) is 6.08. The molecule has 37 heavy (non-hydrogen) atoms. The molecule has 4 aromatic heterocycles. The van der Waals surface area contributed by atoms with E-state index in [1.807, 2.05) is 42.2 Å². The average molecular weight is 499 g/mol. The molecule has 6 heterocycles. The van der Waals surface area contributed by atoms with Crippen molar-refractivity contribution in [3.05, 3.63) is 60.2 Å². The van der Waals surface area contributed by atoms with Crippen LogP contribution in [-0.4, -0.2) is 76.8 Å². The number of ether oxygens (including phenoxy) is 1. The number of rotatable bonds is 6. The number of hydrogen-bond donors (Lipinski definition) is 2. The van der Waals surface area contributed by atoms with Crippen LogP contribution in [0.1, 0.15) is 15.9 Å². The number of amides is 1. The minimum Gasteiger partial charge on any atom is -0.373 e. The molecule has 1 saturated heterocycles. The standard InChI is InChI=1S/C27H30N8O2/c1-33(2)15-18-16-35(10-11-37-18)17-4-5-23(29-12-17)32-22-14-30-25(21-13-31-27(36)24(21)22)19-6-8-28-26-20(19)7-9-34(26)3/h4-9,12,14,18H,10-11,13,15-16H2,1-3H3,(H,29,32)(H,31,36). The molecule has 0 radical (unpaired) electrons. The van der Waals surface area contributed by atoms with E-state index in [1.165, 1.54) is 0 Å². The number of fused-ring (bicyclic) bond motifs is 2. The summed E-state index contributed by atoms with van der Waals surface area (Å²) >= 11 is 0. The molecule has 6 rings (SSSR count). The molecule has 0 spiro atoms. The van der Waals surface area contributed by atoms with E-state index < -0.39 is 0 Å². The van der Waals surface area contributed by atoms with Crippen LogP contribution in [0.2, 0.25) is 0 Å². The number of anilines is 3. The monoisotopic (exact) mass is 498 g/mol. The Labute approximate surface area is 215 Å². The van der Waals surface area contributed by atoms with Gasteiger partial charge in [0.2, 0.25) is 0 Å². The Morgan fingerprint density at radius 2 is 2.05 bits per heavy atom. The molecule has 0 bridgehead atoms. The second-order valence-corrected chi connectivity index (χ2v) is 9.81. The number of aromatic nitrogens is 4. The second-order valence-electron chi connectivity index (χ2n) is 9.81. The quantitative estimate of drug-likeness (QED) is 0.419. The first-order valence-corrected chi connectivity index (χ1v) is 12.4. The molecule has 0 aromatic carbocycles. The zero-order chi connectivity index (χ0) is 25.5. The lowest BCUT2D eigenvalue weighted by Crippen LogP contribution is -2.46. The molecule has 1 amide bonds. The number of carbonyl (C=O) groups excluding carboxylic acids is 1. The Morgan fingerprint density at radius 1 is 1.16 bits per heavy atom. The van der Waals surface area contributed by atoms with E-state index in [0.29, 0.717) is 30.2 Å². The van der Waals surface area contributed by atoms with E-state index in [-0.39, 0.29) is 12.0 Å². The lowest BCUT2D eigenvalue weighted by Gasteiger charge is -2.35. The maximum atomic E-state index is 12.9. The van der Waals surface area contributed by atoms with Gasteiger partial charge in [0.15, 0.2) is 0 Å². The zero-order valence-electron chi connectivity index (χ0n) is 21.2. The van der Waals surface area contributed by atoms with Gasteiger partial charge in [-0.1, -0.05) is 0 Å². The molecule has 4 aromatic rings. The van der Waals surface area contributed by atoms with E-state index in [4.69, 9.17) is 9.72 Å². The third-order valence-electron chi connectivity index (χ3n) is 6.94. The summed E-state index contributed by atoms with van der Waals surface area (Å²) in [5.41, 5.74) is 5.82. The maximum Gasteiger partial charge on any atom is 0.254 e. The predicted octanol–water partition coefficient (Wildman–Crippen LogP) is 2.78. The maximum absolute atomic E-state index is 12.9. The summed E-state index contributed by atoms with van der Waals surface area (Å²) in [6.07, 6.45) is 7.52. The number of carbonyl (C=O) groups is 1. The van der Waals surface area contributed by atoms with Gasteiger partial charge in [0.1, 0.15) is 11.5 Å². The fourth-order valence-electron chi connectivity index (χ4n) is 5.20. The first kappa shape index (κ1) is 23.4. The van der Waals surface area contributed by atoms with Crippen LogP contribution in [0.25, 0.3) is 22.3 Å². The second kappa shape index (κ2) is 9.45. The summed E-state index contributed by atoms with van der Waals surface area (Å²) in [5.74, 6) is 0.545. The fraction of sp³-hybridized carbons (Fsp3) is 0.333. The van der Waals surface area contributed by atoms with Crippen LogP contribution < -0.4 is 15.5 Å². The normalized spacial score (nSPS) is 17.4. The molecule has 0 saturated carbocycles. The van der Waals surface area contributed by atoms with Crippen LogP contribution in [0.15, 0.2) is 49.1 Å². The van der Waals surface area contributed by atoms with Gasteiger partial charge < -0.3 is 29.7 Å². The number of nitrogens with one attached hydrogen (secondary N) is 2. The Bertz CT molecular complexity index is 1460. The van der Waals surface area contributed by atoms with Crippen molar-refractivity contribution in [2.45, 2.75) is 12.6 Å². The van der Waals surface area contributed by atoms with Crippen molar-refractivity contribution in [1.82, 2.24) is 29.7 Å². The zero-order valence-corrected chi connectivity index (χ0v) is 21.2. The molecule has 190 valence electrons. The summed E-state index contributed by atoms with van der Waals surface area (Å²) < 4.78 is 7.88. The Hall–Kier alpha value is -4.02. The highest BCUT2D eigenvalue weighted by Crippen LogP contribution is 2.36. The lowest BCUT2D eigenvalue weighted by molar-refractivity contribution is 0.0247. The van der Waals surface area contributed by atoms with E-state index in [0.717, 1.165) is 53.2 Å². The van der Waals surface area contributed by atoms with Crippen molar-refractivity contribution in [2.24, 2.45) is 7.05 Å². The summed E-state index contributed by atoms with van der Waals surface area (Å²) in [5, 5.41) is 7.29. The van der Waals surface area contributed by atoms with E-state index >= 15 is 0 Å². The van der Waals surface area contributed by atoms with Crippen molar-refractivity contribution in [3.8, 4) is 11.3 Å². The van der Waals surface area contributed by atoms with E-state index in [9.17, 15) is 4.79 Å². The van der Waals surface area contributed by atoms with Gasteiger partial charge in [-0.25, -0.2) is 9.97 Å². The molecule has 2 N–H and O–H groups in total. The summed E-state index contributed by atoms with van der Waals surface area (Å²) in [4.78, 5) is 31.2. The first-order chi connectivity index (χ1) is 18.0. The van der Waals surface area contributed by atoms with Crippen molar-refractivity contribution in [1.29, 1.82) is 0 Å². The Morgan fingerprint density at radius 3 is 2.86 bits per heavy atom. The number of pyridine rings is 3. The highest BCUT2D eigenvalue weighted by Gasteiger charge is 2.28. The number of nitrogens with zero attached hydrogens (tertiary/aromatic N) is 6. The molecule has 10 heteroatoms. The molecule has 0 aliphatic carbocycles. The SMILES string of the molecule is CN(C)CC1CN(c2ccc(Nc3cnc(-c4ccnc5c4ccn5C)c4c3C(=O)NC4)nc2)CCO1. The lowest BCUT2D eigenvalue weighted by atomic mass is 10.0. The fourth-order valence-corrected chi connectivity index (χ4v) is 5.20. The molecular weight excluding hydrogens is 468 g/mol. The highest BCUT2D eigenvalue weighted by atomic mass is 16.5. The van der Waals surface area contributed by atoms with Gasteiger partial charge in [-0.05, 0) is 38.4 Å². The van der Waals surface area contributed by atoms with Crippen LogP contribution in [0.3, 0.4) is 0 Å². The topological polar surface area (TPSA) is 100 Å². The summed E-state index contributed by atoms with van der Waals surface area (Å²) in [6.45, 7) is 3.68. The molecule has 1 unspecified atom stereocenters. The van der Waals surface area contributed by atoms with Gasteiger partial charge in [0, 0.05) is 62.1 Å². The van der Waals surface area contributed by atoms with Gasteiger partial charge in [0.05, 0.1) is 47.7 Å². The van der Waals surface area contributed by atoms with Crippen LogP contribution in [-0.2, 0) is 18.3 Å². The Balaban J connectivity index is 1.26. The van der Waals surface area contributed by atoms with Gasteiger partial charge >= 0.3 is 0 Å². The van der Waals surface area contributed by atoms with Gasteiger partial charge in [-0.15, -0.1) is 0 Å². The van der Waals surface area contributed by atoms with E-state index in [2.05, 4.69) is 50.6 Å². The van der Waals surface area contributed by atoms with E-state index in [1.54, 1.807) is 12.4 Å². The van der Waals surface area contributed by atoms with Crippen LogP contribution in [0.5, 0.6) is 0 Å². The summed E-state index contributed by atoms with van der Waals surface area (Å²) in [6, 6.07) is 7.98. The smallest absolute Gasteiger partial charge is 0.254 e. The number of hydrogen-bond acceptors (Lipinski definition) is 8. The molecule has 2 aliphatic rings. The van der Waals surface area contributed by atoms with Gasteiger partial charge in [-0.3, -0.25) is 9.78 Å². The largest absolute Gasteiger partial charge is 0.373 e. The first-order valence-electron chi connectivity index (χ1n) is 12.4. The molecule has 1 fully saturated rings. The minimum absolute atomic E-state index is 0.114. The Kier molecular flexibility index (Phi) is 5.97.